The van der Waals surface area contributed by atoms with Crippen LogP contribution in [0.2, 0.25) is 0 Å². The maximum atomic E-state index is 11.9. The summed E-state index contributed by atoms with van der Waals surface area (Å²) in [5, 5.41) is 5.35. The molecule has 0 aliphatic heterocycles. The highest BCUT2D eigenvalue weighted by Gasteiger charge is 2.20. The Bertz CT molecular complexity index is 518. The number of halogens is 1. The molecule has 0 aliphatic rings. The van der Waals surface area contributed by atoms with Crippen molar-refractivity contribution in [2.75, 3.05) is 6.54 Å². The Morgan fingerprint density at radius 1 is 0.735 bits per heavy atom. The van der Waals surface area contributed by atoms with Gasteiger partial charge in [0.25, 0.3) is 0 Å². The van der Waals surface area contributed by atoms with E-state index in [4.69, 9.17) is 11.5 Å². The summed E-state index contributed by atoms with van der Waals surface area (Å²) in [4.78, 5) is 35.0. The third-order valence-electron chi connectivity index (χ3n) is 6.09. The van der Waals surface area contributed by atoms with Crippen molar-refractivity contribution in [1.29, 1.82) is 0 Å². The summed E-state index contributed by atoms with van der Waals surface area (Å²) in [5.74, 6) is -1.24. The fourth-order valence-corrected chi connectivity index (χ4v) is 3.85. The monoisotopic (exact) mass is 504 g/mol. The summed E-state index contributed by atoms with van der Waals surface area (Å²) >= 11 is 0. The second kappa shape index (κ2) is 24.8. The Hall–Kier alpha value is -1.34. The van der Waals surface area contributed by atoms with Crippen LogP contribution in [0.5, 0.6) is 0 Å². The topological polar surface area (TPSA) is 127 Å². The molecule has 0 radical (unpaired) electrons. The summed E-state index contributed by atoms with van der Waals surface area (Å²) in [6.07, 6.45) is 21.5. The van der Waals surface area contributed by atoms with Gasteiger partial charge in [0.1, 0.15) is 6.04 Å². The van der Waals surface area contributed by atoms with Gasteiger partial charge in [0, 0.05) is 13.0 Å². The third-order valence-corrected chi connectivity index (χ3v) is 6.09. The summed E-state index contributed by atoms with van der Waals surface area (Å²) in [5.41, 5.74) is 10.8. The molecule has 0 spiro atoms. The van der Waals surface area contributed by atoms with Gasteiger partial charge in [0.2, 0.25) is 17.7 Å². The summed E-state index contributed by atoms with van der Waals surface area (Å²) in [6.45, 7) is 4.44. The molecule has 7 nitrogen and oxygen atoms in total. The minimum atomic E-state index is -0.871. The van der Waals surface area contributed by atoms with Crippen LogP contribution in [0.3, 0.4) is 0 Å². The van der Waals surface area contributed by atoms with Crippen molar-refractivity contribution < 1.29 is 14.4 Å². The van der Waals surface area contributed by atoms with Gasteiger partial charge < -0.3 is 22.1 Å². The normalized spacial score (nSPS) is 12.4. The van der Waals surface area contributed by atoms with E-state index >= 15 is 0 Å². The van der Waals surface area contributed by atoms with Crippen molar-refractivity contribution in [2.24, 2.45) is 11.5 Å². The van der Waals surface area contributed by atoms with Crippen molar-refractivity contribution in [3.8, 4) is 0 Å². The van der Waals surface area contributed by atoms with Crippen LogP contribution in [0.1, 0.15) is 129 Å². The molecule has 0 bridgehead atoms. The highest BCUT2D eigenvalue weighted by molar-refractivity contribution is 5.89. The highest BCUT2D eigenvalue weighted by atomic mass is 35.5. The van der Waals surface area contributed by atoms with Gasteiger partial charge in [-0.05, 0) is 19.8 Å². The number of rotatable bonds is 23. The quantitative estimate of drug-likeness (QED) is 0.148. The van der Waals surface area contributed by atoms with Crippen molar-refractivity contribution in [3.05, 3.63) is 0 Å². The van der Waals surface area contributed by atoms with Crippen molar-refractivity contribution in [2.45, 2.75) is 142 Å². The number of unbranched alkanes of at least 4 members (excludes halogenated alkanes) is 15. The average Bonchev–Trinajstić information content (AvgIpc) is 2.78. The van der Waals surface area contributed by atoms with E-state index in [0.29, 0.717) is 6.54 Å². The number of amides is 3. The molecule has 0 heterocycles. The molecule has 0 rings (SSSR count). The second-order valence-corrected chi connectivity index (χ2v) is 9.44. The predicted molar refractivity (Wildman–Crippen MR) is 144 cm³/mol. The van der Waals surface area contributed by atoms with Crippen molar-refractivity contribution in [3.63, 3.8) is 0 Å². The molecule has 0 fully saturated rings. The SMILES string of the molecule is CCCCCCCCCCCCCCCCCCNC(=O)CC[C@@H](NC(=O)[C@H](C)N)C(N)=O.Cl. The molecular weight excluding hydrogens is 452 g/mol. The standard InChI is InChI=1S/C26H52N4O3.ClH/c1-3-4-5-6-7-8-9-10-11-12-13-14-15-16-17-18-21-29-24(31)20-19-23(25(28)32)30-26(33)22(2)27;/h22-23H,3-21,27H2,1-2H3,(H2,28,32)(H,29,31)(H,30,33);1H/t22-,23+;/m0./s1. The van der Waals surface area contributed by atoms with Crippen LogP contribution in [0, 0.1) is 0 Å². The summed E-state index contributed by atoms with van der Waals surface area (Å²) in [6, 6.07) is -1.60. The third kappa shape index (κ3) is 22.5. The van der Waals surface area contributed by atoms with Gasteiger partial charge in [-0.15, -0.1) is 12.4 Å². The van der Waals surface area contributed by atoms with Crippen LogP contribution in [0.15, 0.2) is 0 Å². The minimum absolute atomic E-state index is 0. The molecule has 8 heteroatoms. The molecule has 0 aliphatic carbocycles. The van der Waals surface area contributed by atoms with E-state index in [-0.39, 0.29) is 31.2 Å². The summed E-state index contributed by atoms with van der Waals surface area (Å²) < 4.78 is 0. The van der Waals surface area contributed by atoms with Crippen LogP contribution in [-0.2, 0) is 14.4 Å². The number of nitrogens with two attached hydrogens (primary N) is 2. The van der Waals surface area contributed by atoms with E-state index in [2.05, 4.69) is 17.6 Å². The van der Waals surface area contributed by atoms with Crippen LogP contribution in [0.25, 0.3) is 0 Å². The number of hydrogen-bond donors (Lipinski definition) is 4. The lowest BCUT2D eigenvalue weighted by molar-refractivity contribution is -0.128. The zero-order valence-corrected chi connectivity index (χ0v) is 22.7. The molecule has 0 aromatic carbocycles. The average molecular weight is 505 g/mol. The van der Waals surface area contributed by atoms with Crippen LogP contribution in [0.4, 0.5) is 0 Å². The maximum absolute atomic E-state index is 11.9. The predicted octanol–water partition coefficient (Wildman–Crippen LogP) is 4.88. The Balaban J connectivity index is 0. The molecule has 0 saturated heterocycles. The summed E-state index contributed by atoms with van der Waals surface area (Å²) in [7, 11) is 0. The van der Waals surface area contributed by atoms with Gasteiger partial charge >= 0.3 is 0 Å². The molecule has 6 N–H and O–H groups in total. The molecule has 0 saturated carbocycles. The minimum Gasteiger partial charge on any atom is -0.368 e. The number of hydrogen-bond acceptors (Lipinski definition) is 4. The van der Waals surface area contributed by atoms with E-state index in [1.165, 1.54) is 96.8 Å². The zero-order chi connectivity index (χ0) is 24.7. The Morgan fingerprint density at radius 3 is 1.53 bits per heavy atom. The first-order chi connectivity index (χ1) is 15.9. The number of nitrogens with one attached hydrogen (secondary N) is 2. The van der Waals surface area contributed by atoms with E-state index < -0.39 is 23.9 Å². The van der Waals surface area contributed by atoms with E-state index in [9.17, 15) is 14.4 Å². The number of carbonyl (C=O) groups is 3. The first-order valence-electron chi connectivity index (χ1n) is 13.5. The van der Waals surface area contributed by atoms with Gasteiger partial charge in [0.15, 0.2) is 0 Å². The number of carbonyl (C=O) groups excluding carboxylic acids is 3. The second-order valence-electron chi connectivity index (χ2n) is 9.44. The lowest BCUT2D eigenvalue weighted by atomic mass is 10.0. The van der Waals surface area contributed by atoms with Crippen LogP contribution in [-0.4, -0.2) is 36.3 Å². The fraction of sp³-hybridized carbons (Fsp3) is 0.885. The Morgan fingerprint density at radius 2 is 1.15 bits per heavy atom. The molecule has 3 amide bonds. The van der Waals surface area contributed by atoms with Crippen LogP contribution < -0.4 is 22.1 Å². The molecular formula is C26H53ClN4O3. The van der Waals surface area contributed by atoms with Gasteiger partial charge in [-0.3, -0.25) is 14.4 Å². The highest BCUT2D eigenvalue weighted by Crippen LogP contribution is 2.13. The van der Waals surface area contributed by atoms with E-state index in [1.54, 1.807) is 0 Å². The molecule has 0 unspecified atom stereocenters. The smallest absolute Gasteiger partial charge is 0.240 e. The van der Waals surface area contributed by atoms with Gasteiger partial charge in [0.05, 0.1) is 6.04 Å². The zero-order valence-electron chi connectivity index (χ0n) is 21.9. The van der Waals surface area contributed by atoms with Crippen molar-refractivity contribution >= 4 is 30.1 Å². The first kappa shape index (κ1) is 34.8. The fourth-order valence-electron chi connectivity index (χ4n) is 3.85. The molecule has 34 heavy (non-hydrogen) atoms. The Kier molecular flexibility index (Phi) is 25.4. The largest absolute Gasteiger partial charge is 0.368 e. The molecule has 202 valence electrons. The van der Waals surface area contributed by atoms with E-state index in [1.807, 2.05) is 0 Å². The lowest BCUT2D eigenvalue weighted by Crippen LogP contribution is -2.49. The molecule has 0 aromatic heterocycles. The van der Waals surface area contributed by atoms with Gasteiger partial charge in [-0.2, -0.15) is 0 Å². The molecule has 2 atom stereocenters. The van der Waals surface area contributed by atoms with Crippen molar-refractivity contribution in [1.82, 2.24) is 10.6 Å². The number of primary amides is 1. The lowest BCUT2D eigenvalue weighted by Gasteiger charge is -2.16. The van der Waals surface area contributed by atoms with Crippen LogP contribution >= 0.6 is 12.4 Å². The first-order valence-corrected chi connectivity index (χ1v) is 13.5. The van der Waals surface area contributed by atoms with Gasteiger partial charge in [-0.25, -0.2) is 0 Å². The van der Waals surface area contributed by atoms with E-state index in [0.717, 1.165) is 12.8 Å². The maximum Gasteiger partial charge on any atom is 0.240 e. The molecule has 0 aromatic rings. The van der Waals surface area contributed by atoms with Gasteiger partial charge in [-0.1, -0.05) is 103 Å². The Labute approximate surface area is 214 Å².